The van der Waals surface area contributed by atoms with Crippen molar-refractivity contribution in [1.82, 2.24) is 10.6 Å². The summed E-state index contributed by atoms with van der Waals surface area (Å²) >= 11 is 0. The molecule has 1 aromatic rings. The van der Waals surface area contributed by atoms with E-state index in [0.717, 1.165) is 18.5 Å². The summed E-state index contributed by atoms with van der Waals surface area (Å²) in [4.78, 5) is 4.31. The molecule has 6 nitrogen and oxygen atoms in total. The highest BCUT2D eigenvalue weighted by molar-refractivity contribution is 14.0. The van der Waals surface area contributed by atoms with Gasteiger partial charge in [0.1, 0.15) is 0 Å². The Labute approximate surface area is 175 Å². The van der Waals surface area contributed by atoms with E-state index in [0.29, 0.717) is 12.5 Å². The third kappa shape index (κ3) is 11.0. The van der Waals surface area contributed by atoms with E-state index in [1.54, 1.807) is 19.2 Å². The van der Waals surface area contributed by atoms with Gasteiger partial charge in [-0.1, -0.05) is 57.6 Å². The van der Waals surface area contributed by atoms with Gasteiger partial charge < -0.3 is 10.6 Å². The van der Waals surface area contributed by atoms with Crippen molar-refractivity contribution >= 4 is 40.0 Å². The molecule has 0 spiro atoms. The highest BCUT2D eigenvalue weighted by atomic mass is 127. The fourth-order valence-corrected chi connectivity index (χ4v) is 3.11. The maximum atomic E-state index is 11.4. The standard InChI is InChI=1S/C18H32N4O2S.HI/c1-3-4-5-6-7-8-9-13-21-18(20-2)22-15-16-11-10-12-17(14-16)25(19,23)24;/h10-12,14H,3-9,13,15H2,1-2H3,(H2,19,23,24)(H2,20,21,22);1H. The fourth-order valence-electron chi connectivity index (χ4n) is 2.53. The van der Waals surface area contributed by atoms with Crippen LogP contribution in [0.15, 0.2) is 34.2 Å². The third-order valence-corrected chi connectivity index (χ3v) is 4.89. The van der Waals surface area contributed by atoms with Gasteiger partial charge in [-0.2, -0.15) is 0 Å². The number of guanidine groups is 1. The number of unbranched alkanes of at least 4 members (excludes halogenated alkanes) is 6. The fraction of sp³-hybridized carbons (Fsp3) is 0.611. The average Bonchev–Trinajstić information content (AvgIpc) is 2.59. The van der Waals surface area contributed by atoms with Gasteiger partial charge in [0, 0.05) is 20.1 Å². The summed E-state index contributed by atoms with van der Waals surface area (Å²) < 4.78 is 22.8. The first-order chi connectivity index (χ1) is 12.0. The van der Waals surface area contributed by atoms with E-state index in [9.17, 15) is 8.42 Å². The molecule has 0 saturated heterocycles. The van der Waals surface area contributed by atoms with Gasteiger partial charge >= 0.3 is 0 Å². The number of nitrogens with one attached hydrogen (secondary N) is 2. The Morgan fingerprint density at radius 3 is 2.35 bits per heavy atom. The van der Waals surface area contributed by atoms with Crippen LogP contribution in [0.2, 0.25) is 0 Å². The molecule has 0 fully saturated rings. The van der Waals surface area contributed by atoms with E-state index < -0.39 is 10.0 Å². The maximum Gasteiger partial charge on any atom is 0.238 e. The second-order valence-corrected chi connectivity index (χ2v) is 7.73. The number of hydrogen-bond donors (Lipinski definition) is 3. The summed E-state index contributed by atoms with van der Waals surface area (Å²) in [5.74, 6) is 0.715. The van der Waals surface area contributed by atoms with Crippen molar-refractivity contribution in [3.63, 3.8) is 0 Å². The average molecular weight is 496 g/mol. The quantitative estimate of drug-likeness (QED) is 0.190. The summed E-state index contributed by atoms with van der Waals surface area (Å²) in [6.07, 6.45) is 8.91. The van der Waals surface area contributed by atoms with Crippen molar-refractivity contribution in [2.24, 2.45) is 10.1 Å². The van der Waals surface area contributed by atoms with Gasteiger partial charge in [-0.15, -0.1) is 24.0 Å². The Bertz CT molecular complexity index is 636. The van der Waals surface area contributed by atoms with E-state index in [4.69, 9.17) is 5.14 Å². The van der Waals surface area contributed by atoms with E-state index in [1.165, 1.54) is 44.6 Å². The van der Waals surface area contributed by atoms with Crippen molar-refractivity contribution in [3.8, 4) is 0 Å². The molecular weight excluding hydrogens is 463 g/mol. The molecule has 1 rings (SSSR count). The molecule has 26 heavy (non-hydrogen) atoms. The van der Waals surface area contributed by atoms with E-state index >= 15 is 0 Å². The number of nitrogens with zero attached hydrogens (tertiary/aromatic N) is 1. The lowest BCUT2D eigenvalue weighted by atomic mass is 10.1. The van der Waals surface area contributed by atoms with Crippen LogP contribution >= 0.6 is 24.0 Å². The number of benzene rings is 1. The summed E-state index contributed by atoms with van der Waals surface area (Å²) in [5, 5.41) is 11.6. The maximum absolute atomic E-state index is 11.4. The number of sulfonamides is 1. The number of halogens is 1. The summed E-state index contributed by atoms with van der Waals surface area (Å²) in [7, 11) is -1.95. The van der Waals surface area contributed by atoms with Crippen LogP contribution in [0.25, 0.3) is 0 Å². The largest absolute Gasteiger partial charge is 0.356 e. The van der Waals surface area contributed by atoms with E-state index in [1.807, 2.05) is 6.07 Å². The Morgan fingerprint density at radius 2 is 1.73 bits per heavy atom. The highest BCUT2D eigenvalue weighted by Crippen LogP contribution is 2.09. The zero-order chi connectivity index (χ0) is 18.5. The van der Waals surface area contributed by atoms with Gasteiger partial charge in [0.05, 0.1) is 4.90 Å². The van der Waals surface area contributed by atoms with Crippen LogP contribution in [0.5, 0.6) is 0 Å². The van der Waals surface area contributed by atoms with Crippen molar-refractivity contribution in [1.29, 1.82) is 0 Å². The first kappa shape index (κ1) is 25.1. The van der Waals surface area contributed by atoms with Gasteiger partial charge in [0.2, 0.25) is 10.0 Å². The smallest absolute Gasteiger partial charge is 0.238 e. The van der Waals surface area contributed by atoms with Gasteiger partial charge in [-0.05, 0) is 24.1 Å². The van der Waals surface area contributed by atoms with Gasteiger partial charge in [-0.25, -0.2) is 13.6 Å². The number of primary sulfonamides is 1. The summed E-state index contributed by atoms with van der Waals surface area (Å²) in [5.41, 5.74) is 0.838. The molecule has 4 N–H and O–H groups in total. The molecule has 0 aliphatic rings. The van der Waals surface area contributed by atoms with E-state index in [-0.39, 0.29) is 28.9 Å². The second kappa shape index (κ2) is 14.2. The Balaban J connectivity index is 0.00000625. The number of aliphatic imine (C=N–C) groups is 1. The summed E-state index contributed by atoms with van der Waals surface area (Å²) in [6.45, 7) is 3.60. The molecule has 0 radical (unpaired) electrons. The van der Waals surface area contributed by atoms with Gasteiger partial charge in [0.15, 0.2) is 5.96 Å². The van der Waals surface area contributed by atoms with Crippen LogP contribution in [-0.2, 0) is 16.6 Å². The molecule has 150 valence electrons. The molecule has 0 unspecified atom stereocenters. The molecule has 0 saturated carbocycles. The van der Waals surface area contributed by atoms with Crippen LogP contribution in [0.4, 0.5) is 0 Å². The van der Waals surface area contributed by atoms with Crippen molar-refractivity contribution in [3.05, 3.63) is 29.8 Å². The van der Waals surface area contributed by atoms with Crippen molar-refractivity contribution in [2.75, 3.05) is 13.6 Å². The minimum absolute atomic E-state index is 0. The monoisotopic (exact) mass is 496 g/mol. The molecule has 0 aromatic heterocycles. The minimum Gasteiger partial charge on any atom is -0.356 e. The van der Waals surface area contributed by atoms with E-state index in [2.05, 4.69) is 22.5 Å². The lowest BCUT2D eigenvalue weighted by molar-refractivity contribution is 0.583. The first-order valence-electron chi connectivity index (χ1n) is 9.03. The van der Waals surface area contributed by atoms with Gasteiger partial charge in [0.25, 0.3) is 0 Å². The predicted molar refractivity (Wildman–Crippen MR) is 119 cm³/mol. The zero-order valence-corrected chi connectivity index (χ0v) is 19.0. The summed E-state index contributed by atoms with van der Waals surface area (Å²) in [6, 6.07) is 6.61. The van der Waals surface area contributed by atoms with Crippen LogP contribution < -0.4 is 15.8 Å². The lowest BCUT2D eigenvalue weighted by Crippen LogP contribution is -2.37. The molecule has 0 bridgehead atoms. The zero-order valence-electron chi connectivity index (χ0n) is 15.8. The Morgan fingerprint density at radius 1 is 1.08 bits per heavy atom. The molecular formula is C18H33IN4O2S. The van der Waals surface area contributed by atoms with Crippen molar-refractivity contribution < 1.29 is 8.42 Å². The second-order valence-electron chi connectivity index (χ2n) is 6.17. The molecule has 0 aliphatic heterocycles. The number of rotatable bonds is 11. The van der Waals surface area contributed by atoms with Gasteiger partial charge in [-0.3, -0.25) is 4.99 Å². The highest BCUT2D eigenvalue weighted by Gasteiger charge is 2.08. The molecule has 0 heterocycles. The molecule has 8 heteroatoms. The Kier molecular flexibility index (Phi) is 13.7. The van der Waals surface area contributed by atoms with Crippen LogP contribution in [0, 0.1) is 0 Å². The molecule has 0 aliphatic carbocycles. The molecule has 0 atom stereocenters. The lowest BCUT2D eigenvalue weighted by Gasteiger charge is -2.12. The third-order valence-electron chi connectivity index (χ3n) is 3.98. The van der Waals surface area contributed by atoms with Crippen molar-refractivity contribution in [2.45, 2.75) is 63.3 Å². The number of hydrogen-bond acceptors (Lipinski definition) is 3. The Hall–Kier alpha value is -0.870. The van der Waals surface area contributed by atoms with Crippen LogP contribution in [0.3, 0.4) is 0 Å². The minimum atomic E-state index is -3.67. The van der Waals surface area contributed by atoms with Crippen LogP contribution in [0.1, 0.15) is 57.4 Å². The SMILES string of the molecule is CCCCCCCCCNC(=NC)NCc1cccc(S(N)(=O)=O)c1.I. The predicted octanol–water partition coefficient (Wildman–Crippen LogP) is 3.37. The molecule has 1 aromatic carbocycles. The molecule has 0 amide bonds. The van der Waals surface area contributed by atoms with Crippen LogP contribution in [-0.4, -0.2) is 28.0 Å². The normalized spacial score (nSPS) is 11.7. The number of nitrogens with two attached hydrogens (primary N) is 1. The topological polar surface area (TPSA) is 96.6 Å². The first-order valence-corrected chi connectivity index (χ1v) is 10.6.